The van der Waals surface area contributed by atoms with Crippen LogP contribution in [0.5, 0.6) is 0 Å². The first-order valence-corrected chi connectivity index (χ1v) is 13.8. The van der Waals surface area contributed by atoms with Crippen molar-refractivity contribution in [1.29, 1.82) is 0 Å². The highest BCUT2D eigenvalue weighted by atomic mass is 32.2. The summed E-state index contributed by atoms with van der Waals surface area (Å²) in [6.45, 7) is 5.48. The Kier molecular flexibility index (Phi) is 9.19. The topological polar surface area (TPSA) is 127 Å². The van der Waals surface area contributed by atoms with E-state index in [1.54, 1.807) is 30.3 Å². The Morgan fingerprint density at radius 2 is 1.95 bits per heavy atom. The van der Waals surface area contributed by atoms with Crippen molar-refractivity contribution in [3.63, 3.8) is 0 Å². The number of amides is 1. The maximum absolute atomic E-state index is 14.9. The van der Waals surface area contributed by atoms with Gasteiger partial charge < -0.3 is 14.6 Å². The van der Waals surface area contributed by atoms with Gasteiger partial charge in [0, 0.05) is 49.6 Å². The first kappa shape index (κ1) is 28.5. The summed E-state index contributed by atoms with van der Waals surface area (Å²) in [5.74, 6) is -1.44. The van der Waals surface area contributed by atoms with Crippen molar-refractivity contribution in [3.05, 3.63) is 70.4 Å². The van der Waals surface area contributed by atoms with Gasteiger partial charge in [0.05, 0.1) is 6.61 Å². The van der Waals surface area contributed by atoms with Gasteiger partial charge in [-0.05, 0) is 61.0 Å². The van der Waals surface area contributed by atoms with Crippen molar-refractivity contribution >= 4 is 26.5 Å². The zero-order chi connectivity index (χ0) is 27.2. The van der Waals surface area contributed by atoms with Gasteiger partial charge in [-0.15, -0.1) is 0 Å². The summed E-state index contributed by atoms with van der Waals surface area (Å²) < 4.78 is 43.9. The number of nitrogens with zero attached hydrogens (tertiary/aromatic N) is 1. The monoisotopic (exact) mass is 533 g/mol. The van der Waals surface area contributed by atoms with Crippen LogP contribution in [0, 0.1) is 5.82 Å². The number of carbonyl (C=O) groups is 1. The molecule has 0 radical (unpaired) electrons. The Labute approximate surface area is 215 Å². The fourth-order valence-corrected chi connectivity index (χ4v) is 4.82. The fraction of sp³-hybridized carbons (Fsp3) is 0.385. The molecule has 9 nitrogen and oxygen atoms in total. The molecule has 0 spiro atoms. The second-order valence-electron chi connectivity index (χ2n) is 9.00. The molecule has 1 unspecified atom stereocenters. The van der Waals surface area contributed by atoms with Gasteiger partial charge in [0.25, 0.3) is 11.5 Å². The van der Waals surface area contributed by atoms with Crippen LogP contribution in [0.1, 0.15) is 25.8 Å². The minimum atomic E-state index is -3.89. The van der Waals surface area contributed by atoms with E-state index in [0.717, 1.165) is 11.8 Å². The van der Waals surface area contributed by atoms with Gasteiger partial charge in [0.2, 0.25) is 0 Å². The van der Waals surface area contributed by atoms with Gasteiger partial charge in [0.1, 0.15) is 5.82 Å². The zero-order valence-corrected chi connectivity index (χ0v) is 21.9. The number of rotatable bonds is 12. The average molecular weight is 534 g/mol. The average Bonchev–Trinajstić information content (AvgIpc) is 2.86. The highest BCUT2D eigenvalue weighted by molar-refractivity contribution is 7.92. The van der Waals surface area contributed by atoms with Gasteiger partial charge >= 0.3 is 0 Å². The van der Waals surface area contributed by atoms with E-state index in [9.17, 15) is 22.4 Å². The number of pyridine rings is 1. The molecule has 0 aliphatic carbocycles. The van der Waals surface area contributed by atoms with Crippen LogP contribution in [0.25, 0.3) is 21.9 Å². The molecule has 1 atom stereocenters. The number of carbonyl (C=O) groups excluding carboxylic acids is 1. The molecular weight excluding hydrogens is 501 g/mol. The Bertz CT molecular complexity index is 1440. The molecule has 0 fully saturated rings. The molecule has 2 aromatic carbocycles. The molecule has 1 amide bonds. The van der Waals surface area contributed by atoms with Gasteiger partial charge in [0.15, 0.2) is 14.6 Å². The summed E-state index contributed by atoms with van der Waals surface area (Å²) >= 11 is 0. The van der Waals surface area contributed by atoms with Crippen LogP contribution in [-0.2, 0) is 32.5 Å². The number of hydrogen-bond acceptors (Lipinski definition) is 7. The number of benzene rings is 2. The minimum Gasteiger partial charge on any atom is -0.380 e. The van der Waals surface area contributed by atoms with E-state index in [-0.39, 0.29) is 24.3 Å². The van der Waals surface area contributed by atoms with Gasteiger partial charge in [-0.2, -0.15) is 0 Å². The molecule has 3 N–H and O–H groups in total. The van der Waals surface area contributed by atoms with Crippen molar-refractivity contribution in [2.24, 2.45) is 0 Å². The lowest BCUT2D eigenvalue weighted by Gasteiger charge is -2.25. The van der Waals surface area contributed by atoms with Crippen LogP contribution in [-0.4, -0.2) is 54.9 Å². The van der Waals surface area contributed by atoms with Crippen LogP contribution in [0.2, 0.25) is 0 Å². The number of hydrogen-bond donors (Lipinski definition) is 3. The molecule has 1 aromatic heterocycles. The molecular formula is C26H32FN3O6S. The van der Waals surface area contributed by atoms with E-state index in [1.165, 1.54) is 29.2 Å². The largest absolute Gasteiger partial charge is 0.380 e. The van der Waals surface area contributed by atoms with E-state index in [0.29, 0.717) is 48.2 Å². The summed E-state index contributed by atoms with van der Waals surface area (Å²) in [5.41, 5.74) is 2.84. The number of sulfone groups is 1. The highest BCUT2D eigenvalue weighted by Gasteiger charge is 2.43. The van der Waals surface area contributed by atoms with Gasteiger partial charge in [-0.1, -0.05) is 18.2 Å². The molecule has 200 valence electrons. The molecule has 0 aliphatic rings. The molecule has 0 aliphatic heterocycles. The molecule has 11 heteroatoms. The van der Waals surface area contributed by atoms with E-state index >= 15 is 0 Å². The molecule has 3 aromatic rings. The SMILES string of the molecule is CCOCCNCc1ccc(-c2ccc3c(=O)n(CCC(C)(C(=O)NO)S(C)(=O)=O)ccc3c2)c(F)c1. The summed E-state index contributed by atoms with van der Waals surface area (Å²) in [5, 5.41) is 13.1. The Balaban J connectivity index is 1.81. The fourth-order valence-electron chi connectivity index (χ4n) is 3.98. The predicted octanol–water partition coefficient (Wildman–Crippen LogP) is 2.63. The second-order valence-corrected chi connectivity index (χ2v) is 11.4. The Morgan fingerprint density at radius 1 is 1.19 bits per heavy atom. The summed E-state index contributed by atoms with van der Waals surface area (Å²) in [6.07, 6.45) is 2.18. The summed E-state index contributed by atoms with van der Waals surface area (Å²) in [6, 6.07) is 11.7. The number of ether oxygens (including phenoxy) is 1. The van der Waals surface area contributed by atoms with Crippen LogP contribution < -0.4 is 16.4 Å². The predicted molar refractivity (Wildman–Crippen MR) is 140 cm³/mol. The van der Waals surface area contributed by atoms with Crippen LogP contribution in [0.15, 0.2) is 53.5 Å². The normalized spacial score (nSPS) is 13.4. The second kappa shape index (κ2) is 12.0. The molecule has 0 bridgehead atoms. The molecule has 3 rings (SSSR count). The lowest BCUT2D eigenvalue weighted by molar-refractivity contribution is -0.131. The first-order valence-electron chi connectivity index (χ1n) is 11.9. The van der Waals surface area contributed by atoms with E-state index < -0.39 is 20.5 Å². The quantitative estimate of drug-likeness (QED) is 0.186. The molecule has 37 heavy (non-hydrogen) atoms. The Hall–Kier alpha value is -3.12. The molecule has 1 heterocycles. The maximum atomic E-state index is 14.9. The first-order chi connectivity index (χ1) is 17.5. The van der Waals surface area contributed by atoms with Crippen molar-refractivity contribution in [2.75, 3.05) is 26.0 Å². The van der Waals surface area contributed by atoms with E-state index in [1.807, 2.05) is 13.0 Å². The van der Waals surface area contributed by atoms with Crippen molar-refractivity contribution in [3.8, 4) is 11.1 Å². The zero-order valence-electron chi connectivity index (χ0n) is 21.1. The molecule has 0 saturated carbocycles. The van der Waals surface area contributed by atoms with E-state index in [2.05, 4.69) is 5.32 Å². The number of hydroxylamine groups is 1. The number of aryl methyl sites for hydroxylation is 1. The highest BCUT2D eigenvalue weighted by Crippen LogP contribution is 2.27. The molecule has 0 saturated heterocycles. The third kappa shape index (κ3) is 6.42. The van der Waals surface area contributed by atoms with Gasteiger partial charge in [-0.3, -0.25) is 14.8 Å². The van der Waals surface area contributed by atoms with Crippen molar-refractivity contribution in [1.82, 2.24) is 15.4 Å². The van der Waals surface area contributed by atoms with Crippen molar-refractivity contribution in [2.45, 2.75) is 38.1 Å². The number of nitrogens with one attached hydrogen (secondary N) is 2. The summed E-state index contributed by atoms with van der Waals surface area (Å²) in [4.78, 5) is 25.1. The number of fused-ring (bicyclic) bond motifs is 1. The van der Waals surface area contributed by atoms with Crippen LogP contribution >= 0.6 is 0 Å². The van der Waals surface area contributed by atoms with E-state index in [4.69, 9.17) is 9.94 Å². The smallest absolute Gasteiger partial charge is 0.264 e. The maximum Gasteiger partial charge on any atom is 0.264 e. The minimum absolute atomic E-state index is 0.0673. The lowest BCUT2D eigenvalue weighted by atomic mass is 10.00. The third-order valence-electron chi connectivity index (χ3n) is 6.51. The van der Waals surface area contributed by atoms with Gasteiger partial charge in [-0.25, -0.2) is 18.3 Å². The standard InChI is InChI=1S/C26H32FN3O6S/c1-4-36-14-11-28-17-18-5-7-21(23(27)15-18)19-6-8-22-20(16-19)9-12-30(24(22)31)13-10-26(2,25(32)29-33)37(3,34)35/h5-9,12,15-16,28,33H,4,10-11,13-14,17H2,1-3H3,(H,29,32). The third-order valence-corrected chi connectivity index (χ3v) is 8.53. The van der Waals surface area contributed by atoms with Crippen molar-refractivity contribution < 1.29 is 27.5 Å². The summed E-state index contributed by atoms with van der Waals surface area (Å²) in [7, 11) is -3.89. The van der Waals surface area contributed by atoms with Crippen LogP contribution in [0.4, 0.5) is 4.39 Å². The number of aromatic nitrogens is 1. The Morgan fingerprint density at radius 3 is 2.59 bits per heavy atom. The lowest BCUT2D eigenvalue weighted by Crippen LogP contribution is -2.49. The van der Waals surface area contributed by atoms with Crippen LogP contribution in [0.3, 0.4) is 0 Å². The number of halogens is 1.